The van der Waals surface area contributed by atoms with Gasteiger partial charge in [-0.05, 0) is 110 Å². The second-order valence-corrected chi connectivity index (χ2v) is 15.1. The minimum Gasteiger partial charge on any atom is -0.361 e. The topological polar surface area (TPSA) is 75.1 Å². The van der Waals surface area contributed by atoms with Crippen molar-refractivity contribution in [2.45, 2.75) is 43.4 Å². The maximum absolute atomic E-state index is 13.4. The molecule has 8 nitrogen and oxygen atoms in total. The van der Waals surface area contributed by atoms with Crippen LogP contribution >= 0.6 is 0 Å². The number of ether oxygens (including phenoxy) is 1. The van der Waals surface area contributed by atoms with Gasteiger partial charge in [-0.3, -0.25) is 9.80 Å². The number of carbonyl (C=O) groups is 1. The van der Waals surface area contributed by atoms with Crippen molar-refractivity contribution in [2.75, 3.05) is 73.0 Å². The highest BCUT2D eigenvalue weighted by Crippen LogP contribution is 2.47. The Bertz CT molecular complexity index is 1940. The average Bonchev–Trinajstić information content (AvgIpc) is 3.90. The number of rotatable bonds is 10. The van der Waals surface area contributed by atoms with Crippen molar-refractivity contribution in [1.29, 1.82) is 5.26 Å². The van der Waals surface area contributed by atoms with Gasteiger partial charge in [0.25, 0.3) is 0 Å². The van der Waals surface area contributed by atoms with E-state index in [9.17, 15) is 13.6 Å². The van der Waals surface area contributed by atoms with Crippen LogP contribution in [0.15, 0.2) is 91.0 Å². The molecule has 0 saturated carbocycles. The third-order valence-corrected chi connectivity index (χ3v) is 11.5. The molecule has 282 valence electrons. The first-order chi connectivity index (χ1) is 26.2. The molecule has 0 aromatic heterocycles. The van der Waals surface area contributed by atoms with Crippen LogP contribution in [0, 0.1) is 23.0 Å². The van der Waals surface area contributed by atoms with E-state index in [-0.39, 0.29) is 17.7 Å². The molecular formula is C44H50F2N6O2. The van der Waals surface area contributed by atoms with Crippen molar-refractivity contribution in [3.05, 3.63) is 142 Å². The summed E-state index contributed by atoms with van der Waals surface area (Å²) in [6.45, 7) is 8.94. The minimum absolute atomic E-state index is 0.0723. The van der Waals surface area contributed by atoms with Crippen LogP contribution in [0.1, 0.15) is 70.2 Å². The predicted molar refractivity (Wildman–Crippen MR) is 206 cm³/mol. The van der Waals surface area contributed by atoms with Gasteiger partial charge in [-0.25, -0.2) is 13.6 Å². The van der Waals surface area contributed by atoms with Crippen LogP contribution < -0.4 is 5.32 Å². The summed E-state index contributed by atoms with van der Waals surface area (Å²) >= 11 is 0. The zero-order valence-electron chi connectivity index (χ0n) is 31.3. The summed E-state index contributed by atoms with van der Waals surface area (Å²) in [6.07, 6.45) is 2.83. The molecule has 0 spiro atoms. The zero-order valence-corrected chi connectivity index (χ0v) is 31.3. The Morgan fingerprint density at radius 3 is 2.26 bits per heavy atom. The fourth-order valence-corrected chi connectivity index (χ4v) is 8.66. The average molecular weight is 733 g/mol. The number of nitrogens with zero attached hydrogens (tertiary/aromatic N) is 5. The Morgan fingerprint density at radius 2 is 1.59 bits per heavy atom. The lowest BCUT2D eigenvalue weighted by molar-refractivity contribution is -0.0140. The van der Waals surface area contributed by atoms with Gasteiger partial charge < -0.3 is 19.9 Å². The number of nitrogens with one attached hydrogen (secondary N) is 1. The van der Waals surface area contributed by atoms with E-state index in [0.717, 1.165) is 94.9 Å². The van der Waals surface area contributed by atoms with Crippen LogP contribution in [-0.2, 0) is 16.9 Å². The Labute approximate surface area is 317 Å². The number of carbonyl (C=O) groups excluding carboxylic acids is 1. The van der Waals surface area contributed by atoms with E-state index in [2.05, 4.69) is 50.4 Å². The van der Waals surface area contributed by atoms with Gasteiger partial charge in [0, 0.05) is 64.3 Å². The Hall–Kier alpha value is -4.66. The van der Waals surface area contributed by atoms with Gasteiger partial charge in [0.2, 0.25) is 0 Å². The SMILES string of the molecule is CN(C)CCCC1(c2ccc(F)cc2)OCc2cc(C#N)ccc21.O=C1NCCN1CCN1CCN([C@@H]2C[C@@H](c3ccc(F)cc3)c3ccccc32)CC1. The molecule has 2 amide bonds. The van der Waals surface area contributed by atoms with Gasteiger partial charge in [0.15, 0.2) is 0 Å². The molecule has 0 radical (unpaired) electrons. The maximum Gasteiger partial charge on any atom is 0.317 e. The van der Waals surface area contributed by atoms with E-state index in [1.165, 1.54) is 28.8 Å². The van der Waals surface area contributed by atoms with Crippen molar-refractivity contribution in [1.82, 2.24) is 24.9 Å². The summed E-state index contributed by atoms with van der Waals surface area (Å²) < 4.78 is 33.1. The standard InChI is InChI=1S/C24H29FN4O.C20H21FN2O/c25-19-7-5-18(6-8-19)22-17-23(21-4-2-1-3-20(21)22)28-14-11-27(12-15-28)13-16-29-10-9-26-24(29)30;1-23(2)11-3-10-20(17-5-7-18(21)8-6-17)19-9-4-15(13-22)12-16(19)14-24-20/h1-8,22-23H,9-17H2,(H,26,30);4-9,12H,3,10-11,14H2,1-2H3/t22-,23+;/m0./s1. The van der Waals surface area contributed by atoms with Crippen LogP contribution in [0.5, 0.6) is 0 Å². The van der Waals surface area contributed by atoms with Gasteiger partial charge in [-0.15, -0.1) is 0 Å². The summed E-state index contributed by atoms with van der Waals surface area (Å²) in [7, 11) is 4.10. The number of halogens is 2. The number of nitriles is 1. The second kappa shape index (κ2) is 16.8. The Kier molecular flexibility index (Phi) is 11.7. The van der Waals surface area contributed by atoms with Crippen LogP contribution in [0.3, 0.4) is 0 Å². The summed E-state index contributed by atoms with van der Waals surface area (Å²) in [4.78, 5) is 20.9. The lowest BCUT2D eigenvalue weighted by Crippen LogP contribution is -2.49. The molecule has 10 heteroatoms. The fraction of sp³-hybridized carbons (Fsp3) is 0.409. The van der Waals surface area contributed by atoms with Gasteiger partial charge in [0.05, 0.1) is 18.2 Å². The van der Waals surface area contributed by atoms with E-state index in [1.807, 2.05) is 49.3 Å². The van der Waals surface area contributed by atoms with Gasteiger partial charge in [-0.1, -0.05) is 54.6 Å². The Morgan fingerprint density at radius 1 is 0.889 bits per heavy atom. The Balaban J connectivity index is 0.000000171. The summed E-state index contributed by atoms with van der Waals surface area (Å²) in [5.41, 5.74) is 7.19. The molecule has 3 aliphatic heterocycles. The molecule has 4 aliphatic rings. The molecule has 3 atom stereocenters. The van der Waals surface area contributed by atoms with Crippen LogP contribution in [-0.4, -0.2) is 98.6 Å². The molecule has 2 saturated heterocycles. The van der Waals surface area contributed by atoms with Crippen LogP contribution in [0.2, 0.25) is 0 Å². The molecule has 4 aromatic rings. The molecule has 54 heavy (non-hydrogen) atoms. The first-order valence-electron chi connectivity index (χ1n) is 19.2. The maximum atomic E-state index is 13.4. The monoisotopic (exact) mass is 732 g/mol. The van der Waals surface area contributed by atoms with Gasteiger partial charge in [0.1, 0.15) is 17.2 Å². The van der Waals surface area contributed by atoms with E-state index in [4.69, 9.17) is 10.00 Å². The number of fused-ring (bicyclic) bond motifs is 2. The highest BCUT2D eigenvalue weighted by atomic mass is 19.1. The first kappa shape index (κ1) is 37.6. The molecule has 1 unspecified atom stereocenters. The molecule has 1 aliphatic carbocycles. The van der Waals surface area contributed by atoms with Gasteiger partial charge in [-0.2, -0.15) is 5.26 Å². The lowest BCUT2D eigenvalue weighted by atomic mass is 9.81. The number of piperazine rings is 1. The summed E-state index contributed by atoms with van der Waals surface area (Å²) in [5.74, 6) is -0.0946. The second-order valence-electron chi connectivity index (χ2n) is 15.1. The van der Waals surface area contributed by atoms with Crippen molar-refractivity contribution in [3.63, 3.8) is 0 Å². The molecule has 4 aromatic carbocycles. The lowest BCUT2D eigenvalue weighted by Gasteiger charge is -2.39. The third-order valence-electron chi connectivity index (χ3n) is 11.5. The quantitative estimate of drug-likeness (QED) is 0.192. The first-order valence-corrected chi connectivity index (χ1v) is 19.2. The largest absolute Gasteiger partial charge is 0.361 e. The molecule has 1 N–H and O–H groups in total. The zero-order chi connectivity index (χ0) is 37.7. The van der Waals surface area contributed by atoms with Crippen molar-refractivity contribution < 1.29 is 18.3 Å². The normalized spacial score (nSPS) is 22.4. The number of hydrogen-bond donors (Lipinski definition) is 1. The van der Waals surface area contributed by atoms with Crippen molar-refractivity contribution >= 4 is 6.03 Å². The fourth-order valence-electron chi connectivity index (χ4n) is 8.66. The number of hydrogen-bond acceptors (Lipinski definition) is 6. The number of urea groups is 1. The van der Waals surface area contributed by atoms with E-state index in [0.29, 0.717) is 24.1 Å². The molecule has 3 heterocycles. The summed E-state index contributed by atoms with van der Waals surface area (Å²) in [5, 5.41) is 12.0. The third kappa shape index (κ3) is 8.20. The number of benzene rings is 4. The van der Waals surface area contributed by atoms with Gasteiger partial charge >= 0.3 is 6.03 Å². The minimum atomic E-state index is -0.562. The molecular weight excluding hydrogens is 683 g/mol. The van der Waals surface area contributed by atoms with Crippen molar-refractivity contribution in [3.8, 4) is 6.07 Å². The van der Waals surface area contributed by atoms with Crippen LogP contribution in [0.4, 0.5) is 13.6 Å². The molecule has 0 bridgehead atoms. The summed E-state index contributed by atoms with van der Waals surface area (Å²) in [6, 6.07) is 30.7. The van der Waals surface area contributed by atoms with Crippen molar-refractivity contribution in [2.24, 2.45) is 0 Å². The number of amides is 2. The predicted octanol–water partition coefficient (Wildman–Crippen LogP) is 6.86. The highest BCUT2D eigenvalue weighted by molar-refractivity contribution is 5.76. The smallest absolute Gasteiger partial charge is 0.317 e. The van der Waals surface area contributed by atoms with E-state index < -0.39 is 5.60 Å². The van der Waals surface area contributed by atoms with E-state index >= 15 is 0 Å². The molecule has 8 rings (SSSR count). The van der Waals surface area contributed by atoms with E-state index in [1.54, 1.807) is 24.3 Å². The van der Waals surface area contributed by atoms with Crippen LogP contribution in [0.25, 0.3) is 0 Å². The highest BCUT2D eigenvalue weighted by Gasteiger charge is 2.41. The molecule has 2 fully saturated rings.